The van der Waals surface area contributed by atoms with Crippen molar-refractivity contribution in [3.05, 3.63) is 22.1 Å². The molecule has 7 nitrogen and oxygen atoms in total. The van der Waals surface area contributed by atoms with Crippen LogP contribution in [0.4, 0.5) is 5.13 Å². The third kappa shape index (κ3) is 3.27. The number of piperidine rings is 1. The van der Waals surface area contributed by atoms with Crippen LogP contribution in [0.25, 0.3) is 4.96 Å². The maximum Gasteiger partial charge on any atom is 0.311 e. The molecule has 136 valence electrons. The summed E-state index contributed by atoms with van der Waals surface area (Å²) in [5.41, 5.74) is 0.0885. The molecule has 1 saturated heterocycles. The number of hydrogen-bond donors (Lipinski definition) is 0. The van der Waals surface area contributed by atoms with Gasteiger partial charge in [-0.15, -0.1) is 5.10 Å². The van der Waals surface area contributed by atoms with Gasteiger partial charge in [-0.3, -0.25) is 9.59 Å². The van der Waals surface area contributed by atoms with E-state index >= 15 is 0 Å². The van der Waals surface area contributed by atoms with Gasteiger partial charge < -0.3 is 9.64 Å². The third-order valence-electron chi connectivity index (χ3n) is 5.07. The molecule has 3 rings (SSSR count). The van der Waals surface area contributed by atoms with Crippen molar-refractivity contribution < 1.29 is 9.53 Å². The average molecular weight is 364 g/mol. The Balaban J connectivity index is 1.89. The maximum atomic E-state index is 12.2. The molecular formula is C17H24N4O3S. The second kappa shape index (κ2) is 6.74. The van der Waals surface area contributed by atoms with Crippen LogP contribution in [-0.4, -0.2) is 40.8 Å². The minimum absolute atomic E-state index is 0.146. The number of fused-ring (bicyclic) bond motifs is 1. The van der Waals surface area contributed by atoms with E-state index < -0.39 is 5.41 Å². The van der Waals surface area contributed by atoms with Gasteiger partial charge in [0.25, 0.3) is 5.56 Å². The molecule has 0 bridgehead atoms. The lowest BCUT2D eigenvalue weighted by Crippen LogP contribution is -2.45. The number of aryl methyl sites for hydroxylation is 1. The molecule has 0 spiro atoms. The number of aromatic nitrogens is 3. The Hall–Kier alpha value is -1.96. The Morgan fingerprint density at radius 2 is 2.24 bits per heavy atom. The molecule has 0 N–H and O–H groups in total. The molecule has 2 aromatic heterocycles. The van der Waals surface area contributed by atoms with Crippen molar-refractivity contribution in [2.75, 3.05) is 25.1 Å². The summed E-state index contributed by atoms with van der Waals surface area (Å²) < 4.78 is 6.34. The summed E-state index contributed by atoms with van der Waals surface area (Å²) in [6.45, 7) is 7.43. The Labute approximate surface area is 150 Å². The molecule has 3 heterocycles. The molecule has 1 atom stereocenters. The molecule has 1 aliphatic heterocycles. The van der Waals surface area contributed by atoms with Crippen LogP contribution in [0.1, 0.15) is 39.3 Å². The van der Waals surface area contributed by atoms with E-state index in [4.69, 9.17) is 4.74 Å². The van der Waals surface area contributed by atoms with E-state index in [9.17, 15) is 9.59 Å². The van der Waals surface area contributed by atoms with Crippen LogP contribution < -0.4 is 10.5 Å². The SMILES string of the molecule is CCc1cc(=O)n2nc(N3CCCC(C(C)(C)C(=O)OC)C3)sc2n1. The zero-order chi connectivity index (χ0) is 18.2. The zero-order valence-electron chi connectivity index (χ0n) is 15.1. The number of nitrogens with zero attached hydrogens (tertiary/aromatic N) is 4. The highest BCUT2D eigenvalue weighted by Gasteiger charge is 2.40. The summed E-state index contributed by atoms with van der Waals surface area (Å²) in [6.07, 6.45) is 2.67. The fourth-order valence-corrected chi connectivity index (χ4v) is 4.29. The van der Waals surface area contributed by atoms with E-state index in [0.29, 0.717) is 4.96 Å². The number of esters is 1. The highest BCUT2D eigenvalue weighted by Crippen LogP contribution is 2.37. The van der Waals surface area contributed by atoms with Gasteiger partial charge in [0.1, 0.15) is 0 Å². The van der Waals surface area contributed by atoms with Crippen LogP contribution in [-0.2, 0) is 16.0 Å². The van der Waals surface area contributed by atoms with E-state index in [1.54, 1.807) is 0 Å². The van der Waals surface area contributed by atoms with Crippen molar-refractivity contribution in [3.8, 4) is 0 Å². The van der Waals surface area contributed by atoms with E-state index in [0.717, 1.165) is 43.2 Å². The van der Waals surface area contributed by atoms with Crippen molar-refractivity contribution in [2.45, 2.75) is 40.0 Å². The molecule has 0 saturated carbocycles. The van der Waals surface area contributed by atoms with Gasteiger partial charge in [-0.2, -0.15) is 4.52 Å². The van der Waals surface area contributed by atoms with E-state index in [-0.39, 0.29) is 17.4 Å². The highest BCUT2D eigenvalue weighted by molar-refractivity contribution is 7.20. The zero-order valence-corrected chi connectivity index (χ0v) is 15.9. The molecule has 1 fully saturated rings. The minimum atomic E-state index is -0.547. The van der Waals surface area contributed by atoms with Gasteiger partial charge in [-0.25, -0.2) is 4.98 Å². The molecule has 0 amide bonds. The van der Waals surface area contributed by atoms with Crippen LogP contribution in [0, 0.1) is 11.3 Å². The smallest absolute Gasteiger partial charge is 0.311 e. The number of carbonyl (C=O) groups excluding carboxylic acids is 1. The number of carbonyl (C=O) groups is 1. The molecule has 0 aromatic carbocycles. The molecule has 1 aliphatic rings. The van der Waals surface area contributed by atoms with Crippen LogP contribution in [0.2, 0.25) is 0 Å². The van der Waals surface area contributed by atoms with Gasteiger partial charge in [0.15, 0.2) is 0 Å². The second-order valence-corrected chi connectivity index (χ2v) is 7.95. The first kappa shape index (κ1) is 17.8. The monoisotopic (exact) mass is 364 g/mol. The highest BCUT2D eigenvalue weighted by atomic mass is 32.1. The summed E-state index contributed by atoms with van der Waals surface area (Å²) in [5, 5.41) is 5.24. The molecule has 1 unspecified atom stereocenters. The summed E-state index contributed by atoms with van der Waals surface area (Å²) in [5.74, 6) is -0.00859. The van der Waals surface area contributed by atoms with Crippen molar-refractivity contribution in [1.29, 1.82) is 0 Å². The fourth-order valence-electron chi connectivity index (χ4n) is 3.32. The maximum absolute atomic E-state index is 12.2. The van der Waals surface area contributed by atoms with Gasteiger partial charge in [0.05, 0.1) is 12.5 Å². The van der Waals surface area contributed by atoms with Crippen LogP contribution in [0.3, 0.4) is 0 Å². The van der Waals surface area contributed by atoms with Crippen LogP contribution >= 0.6 is 11.3 Å². The lowest BCUT2D eigenvalue weighted by molar-refractivity contribution is -0.154. The molecule has 0 radical (unpaired) electrons. The number of rotatable bonds is 4. The predicted molar refractivity (Wildman–Crippen MR) is 97.2 cm³/mol. The number of methoxy groups -OCH3 is 1. The summed E-state index contributed by atoms with van der Waals surface area (Å²) in [4.78, 5) is 31.6. The van der Waals surface area contributed by atoms with Gasteiger partial charge >= 0.3 is 5.97 Å². The Bertz CT molecular complexity index is 842. The topological polar surface area (TPSA) is 76.8 Å². The van der Waals surface area contributed by atoms with Crippen LogP contribution in [0.5, 0.6) is 0 Å². The van der Waals surface area contributed by atoms with E-state index in [1.165, 1.54) is 29.0 Å². The van der Waals surface area contributed by atoms with Crippen molar-refractivity contribution >= 4 is 27.4 Å². The summed E-state index contributed by atoms with van der Waals surface area (Å²) in [7, 11) is 1.43. The largest absolute Gasteiger partial charge is 0.469 e. The minimum Gasteiger partial charge on any atom is -0.469 e. The average Bonchev–Trinajstić information content (AvgIpc) is 3.05. The van der Waals surface area contributed by atoms with Gasteiger partial charge in [-0.1, -0.05) is 18.3 Å². The van der Waals surface area contributed by atoms with Gasteiger partial charge in [0, 0.05) is 24.8 Å². The second-order valence-electron chi connectivity index (χ2n) is 7.02. The predicted octanol–water partition coefficient (Wildman–Crippen LogP) is 2.13. The lowest BCUT2D eigenvalue weighted by Gasteiger charge is -2.39. The lowest BCUT2D eigenvalue weighted by atomic mass is 9.74. The summed E-state index contributed by atoms with van der Waals surface area (Å²) in [6, 6.07) is 1.54. The molecule has 25 heavy (non-hydrogen) atoms. The Morgan fingerprint density at radius 1 is 1.48 bits per heavy atom. The van der Waals surface area contributed by atoms with Crippen molar-refractivity contribution in [2.24, 2.45) is 11.3 Å². The number of ether oxygens (including phenoxy) is 1. The van der Waals surface area contributed by atoms with E-state index in [1.807, 2.05) is 20.8 Å². The Morgan fingerprint density at radius 3 is 2.92 bits per heavy atom. The van der Waals surface area contributed by atoms with Gasteiger partial charge in [-0.05, 0) is 39.0 Å². The van der Waals surface area contributed by atoms with E-state index in [2.05, 4.69) is 15.0 Å². The fraction of sp³-hybridized carbons (Fsp3) is 0.647. The first-order chi connectivity index (χ1) is 11.9. The first-order valence-corrected chi connectivity index (χ1v) is 9.41. The third-order valence-corrected chi connectivity index (χ3v) is 6.04. The van der Waals surface area contributed by atoms with Gasteiger partial charge in [0.2, 0.25) is 10.1 Å². The van der Waals surface area contributed by atoms with Crippen LogP contribution in [0.15, 0.2) is 10.9 Å². The molecule has 0 aliphatic carbocycles. The molecular weight excluding hydrogens is 340 g/mol. The standard InChI is InChI=1S/C17H24N4O3S/c1-5-12-9-13(22)21-15(18-12)25-16(19-21)20-8-6-7-11(10-20)17(2,3)14(23)24-4/h9,11H,5-8,10H2,1-4H3. The molecule has 8 heteroatoms. The van der Waals surface area contributed by atoms with Crippen molar-refractivity contribution in [3.63, 3.8) is 0 Å². The first-order valence-electron chi connectivity index (χ1n) is 8.60. The quantitative estimate of drug-likeness (QED) is 0.774. The number of anilines is 1. The summed E-state index contributed by atoms with van der Waals surface area (Å²) >= 11 is 1.42. The number of hydrogen-bond acceptors (Lipinski definition) is 7. The molecule has 2 aromatic rings. The van der Waals surface area contributed by atoms with Crippen molar-refractivity contribution in [1.82, 2.24) is 14.6 Å². The Kier molecular flexibility index (Phi) is 4.81. The normalized spacial score (nSPS) is 18.6.